The van der Waals surface area contributed by atoms with Crippen LogP contribution in [0.25, 0.3) is 41.6 Å². The van der Waals surface area contributed by atoms with E-state index in [1.165, 1.54) is 4.70 Å². The van der Waals surface area contributed by atoms with Crippen molar-refractivity contribution in [2.45, 2.75) is 6.61 Å². The van der Waals surface area contributed by atoms with Crippen LogP contribution in [0.1, 0.15) is 5.56 Å². The molecule has 0 atom stereocenters. The van der Waals surface area contributed by atoms with Crippen LogP contribution in [0.2, 0.25) is 0 Å². The Morgan fingerprint density at radius 2 is 1.05 bits per heavy atom. The average molecular weight is 685 g/mol. The summed E-state index contributed by atoms with van der Waals surface area (Å²) in [7, 11) is 0. The summed E-state index contributed by atoms with van der Waals surface area (Å²) in [6, 6.07) is 41.9. The number of nitrogens with zero attached hydrogens (tertiary/aromatic N) is 2. The van der Waals surface area contributed by atoms with Crippen molar-refractivity contribution < 1.29 is 40.8 Å². The van der Waals surface area contributed by atoms with Crippen molar-refractivity contribution in [2.24, 2.45) is 0 Å². The second-order valence-corrected chi connectivity index (χ2v) is 10.9. The predicted molar refractivity (Wildman–Crippen MR) is 168 cm³/mol. The number of hydrogen-bond donors (Lipinski definition) is 3. The van der Waals surface area contributed by atoms with E-state index in [1.807, 2.05) is 84.9 Å². The summed E-state index contributed by atoms with van der Waals surface area (Å²) in [4.78, 5) is 9.24. The summed E-state index contributed by atoms with van der Waals surface area (Å²) in [6.45, 7) is 0.571. The van der Waals surface area contributed by atoms with Gasteiger partial charge in [0, 0.05) is 43.7 Å². The molecule has 0 bridgehead atoms. The van der Waals surface area contributed by atoms with Crippen LogP contribution in [-0.4, -0.2) is 25.6 Å². The molecule has 0 spiro atoms. The van der Waals surface area contributed by atoms with E-state index in [4.69, 9.17) is 20.2 Å². The minimum absolute atomic E-state index is 0. The van der Waals surface area contributed by atoms with Crippen molar-refractivity contribution in [3.05, 3.63) is 133 Å². The molecular weight excluding hydrogens is 659 g/mol. The normalized spacial score (nSPS) is 10.1. The van der Waals surface area contributed by atoms with Crippen LogP contribution in [0.4, 0.5) is 0 Å². The van der Waals surface area contributed by atoms with Crippen LogP contribution in [0.15, 0.2) is 127 Å². The predicted octanol–water partition coefficient (Wildman–Crippen LogP) is 9.23. The molecule has 0 aliphatic carbocycles. The Kier molecular flexibility index (Phi) is 11.3. The maximum absolute atomic E-state index is 9.37. The van der Waals surface area contributed by atoms with Gasteiger partial charge in [0.25, 0.3) is 0 Å². The van der Waals surface area contributed by atoms with Crippen molar-refractivity contribution in [3.63, 3.8) is 0 Å². The van der Waals surface area contributed by atoms with E-state index in [0.29, 0.717) is 6.61 Å². The van der Waals surface area contributed by atoms with Gasteiger partial charge in [-0.25, -0.2) is 9.97 Å². The number of rotatable bonds is 5. The molecule has 0 radical (unpaired) electrons. The van der Waals surface area contributed by atoms with E-state index in [0.717, 1.165) is 48.2 Å². The summed E-state index contributed by atoms with van der Waals surface area (Å²) in [5.74, 6) is 1.11. The summed E-state index contributed by atoms with van der Waals surface area (Å²) in [6.07, 6.45) is 0. The first-order valence-corrected chi connectivity index (χ1v) is 14.3. The van der Waals surface area contributed by atoms with Gasteiger partial charge in [0.1, 0.15) is 28.1 Å². The smallest absolute Gasteiger partial charge is 0.124 e. The molecule has 6 nitrogen and oxygen atoms in total. The van der Waals surface area contributed by atoms with Crippen molar-refractivity contribution in [2.75, 3.05) is 0 Å². The molecule has 0 unspecified atom stereocenters. The summed E-state index contributed by atoms with van der Waals surface area (Å²) < 4.78 is 8.15. The third-order valence-electron chi connectivity index (χ3n) is 6.02. The zero-order chi connectivity index (χ0) is 28.4. The van der Waals surface area contributed by atoms with Crippen LogP contribution >= 0.6 is 22.7 Å². The number of phenolic OH excluding ortho intramolecular Hbond substituents is 1. The fraction of sp³-hybridized carbons (Fsp3) is 0.0303. The number of thiazole rings is 2. The monoisotopic (exact) mass is 684 g/mol. The molecule has 0 aliphatic heterocycles. The Balaban J connectivity index is 0.000000188. The van der Waals surface area contributed by atoms with E-state index in [1.54, 1.807) is 34.8 Å². The minimum Gasteiger partial charge on any atom is -0.508 e. The van der Waals surface area contributed by atoms with Gasteiger partial charge in [-0.2, -0.15) is 0 Å². The van der Waals surface area contributed by atoms with Gasteiger partial charge >= 0.3 is 0 Å². The van der Waals surface area contributed by atoms with Crippen LogP contribution in [0.3, 0.4) is 0 Å². The molecule has 214 valence electrons. The maximum atomic E-state index is 9.37. The number of hydrogen-bond acceptors (Lipinski definition) is 8. The SMILES string of the molecule is OO.Oc1ccc2sc(-c3ccccc3)nc2c1.[Pd].c1ccc(COc2ccc3sc(-c4ccccc4)nc3c2)cc1. The van der Waals surface area contributed by atoms with Gasteiger partial charge in [-0.15, -0.1) is 22.7 Å². The van der Waals surface area contributed by atoms with Gasteiger partial charge in [-0.1, -0.05) is 91.0 Å². The van der Waals surface area contributed by atoms with Crippen molar-refractivity contribution in [1.29, 1.82) is 0 Å². The number of ether oxygens (including phenoxy) is 1. The Morgan fingerprint density at radius 1 is 0.571 bits per heavy atom. The first kappa shape index (κ1) is 31.0. The van der Waals surface area contributed by atoms with E-state index in [2.05, 4.69) is 35.3 Å². The minimum atomic E-state index is 0. The Labute approximate surface area is 264 Å². The van der Waals surface area contributed by atoms with Crippen molar-refractivity contribution in [1.82, 2.24) is 9.97 Å². The van der Waals surface area contributed by atoms with Crippen LogP contribution < -0.4 is 4.74 Å². The van der Waals surface area contributed by atoms with Crippen LogP contribution in [-0.2, 0) is 27.0 Å². The second-order valence-electron chi connectivity index (χ2n) is 8.83. The number of fused-ring (bicyclic) bond motifs is 2. The quantitative estimate of drug-likeness (QED) is 0.0951. The zero-order valence-corrected chi connectivity index (χ0v) is 25.3. The molecular formula is C33H26N2O4PdS2. The Bertz CT molecular complexity index is 1830. The molecule has 3 N–H and O–H groups in total. The molecule has 0 saturated heterocycles. The number of aromatic nitrogens is 2. The fourth-order valence-electron chi connectivity index (χ4n) is 4.06. The van der Waals surface area contributed by atoms with Crippen molar-refractivity contribution >= 4 is 43.1 Å². The molecule has 2 aromatic heterocycles. The summed E-state index contributed by atoms with van der Waals surface area (Å²) in [5, 5.41) is 23.4. The number of benzene rings is 5. The van der Waals surface area contributed by atoms with Crippen molar-refractivity contribution in [3.8, 4) is 32.6 Å². The van der Waals surface area contributed by atoms with E-state index in [9.17, 15) is 5.11 Å². The van der Waals surface area contributed by atoms with Crippen LogP contribution in [0, 0.1) is 0 Å². The topological polar surface area (TPSA) is 95.7 Å². The molecule has 7 aromatic rings. The summed E-state index contributed by atoms with van der Waals surface area (Å²) in [5.41, 5.74) is 5.27. The van der Waals surface area contributed by atoms with Gasteiger partial charge in [0.15, 0.2) is 0 Å². The third kappa shape index (κ3) is 7.87. The third-order valence-corrected chi connectivity index (χ3v) is 8.19. The van der Waals surface area contributed by atoms with Gasteiger partial charge in [0.05, 0.1) is 20.4 Å². The van der Waals surface area contributed by atoms with Crippen LogP contribution in [0.5, 0.6) is 11.5 Å². The standard InChI is InChI=1S/C20H15NOS.C13H9NOS.H2O2.Pd/c1-3-7-15(8-4-1)14-22-17-11-12-19-18(13-17)21-20(23-19)16-9-5-2-6-10-16;15-10-6-7-12-11(8-10)14-13(16-12)9-4-2-1-3-5-9;1-2;/h1-13H,14H2;1-8,15H;1-2H;. The average Bonchev–Trinajstić information content (AvgIpc) is 3.67. The molecule has 0 aliphatic rings. The van der Waals surface area contributed by atoms with Gasteiger partial charge in [-0.3, -0.25) is 10.5 Å². The molecule has 7 rings (SSSR count). The molecule has 5 aromatic carbocycles. The molecule has 0 fully saturated rings. The summed E-state index contributed by atoms with van der Waals surface area (Å²) >= 11 is 3.34. The molecule has 0 amide bonds. The molecule has 2 heterocycles. The van der Waals surface area contributed by atoms with Gasteiger partial charge in [-0.05, 0) is 29.8 Å². The zero-order valence-electron chi connectivity index (χ0n) is 22.1. The van der Waals surface area contributed by atoms with E-state index in [-0.39, 0.29) is 26.2 Å². The number of phenols is 1. The molecule has 42 heavy (non-hydrogen) atoms. The number of aromatic hydroxyl groups is 1. The Hall–Kier alpha value is -3.94. The first-order valence-electron chi connectivity index (χ1n) is 12.7. The molecule has 9 heteroatoms. The largest absolute Gasteiger partial charge is 0.508 e. The van der Waals surface area contributed by atoms with E-state index < -0.39 is 0 Å². The Morgan fingerprint density at radius 3 is 1.60 bits per heavy atom. The van der Waals surface area contributed by atoms with Gasteiger partial charge < -0.3 is 9.84 Å². The fourth-order valence-corrected chi connectivity index (χ4v) is 5.97. The second kappa shape index (κ2) is 15.3. The maximum Gasteiger partial charge on any atom is 0.124 e. The molecule has 0 saturated carbocycles. The van der Waals surface area contributed by atoms with E-state index >= 15 is 0 Å². The van der Waals surface area contributed by atoms with Gasteiger partial charge in [0.2, 0.25) is 0 Å². The first-order chi connectivity index (χ1) is 20.2.